The SMILES string of the molecule is CCNC(=NCc1cc(C(C)C)no1)NC(C)Cc1c(C)nn(C)c1C. The lowest BCUT2D eigenvalue weighted by atomic mass is 10.1. The van der Waals surface area contributed by atoms with E-state index in [0.717, 1.165) is 36.1 Å². The molecular weight excluding hydrogens is 328 g/mol. The van der Waals surface area contributed by atoms with E-state index in [2.05, 4.69) is 67.4 Å². The summed E-state index contributed by atoms with van der Waals surface area (Å²) in [6.07, 6.45) is 0.899. The van der Waals surface area contributed by atoms with Crippen molar-refractivity contribution in [1.29, 1.82) is 0 Å². The molecule has 2 heterocycles. The highest BCUT2D eigenvalue weighted by Gasteiger charge is 2.14. The zero-order valence-corrected chi connectivity index (χ0v) is 17.1. The Morgan fingerprint density at radius 1 is 1.31 bits per heavy atom. The van der Waals surface area contributed by atoms with Gasteiger partial charge in [-0.15, -0.1) is 0 Å². The summed E-state index contributed by atoms with van der Waals surface area (Å²) in [4.78, 5) is 4.63. The summed E-state index contributed by atoms with van der Waals surface area (Å²) >= 11 is 0. The minimum absolute atomic E-state index is 0.232. The smallest absolute Gasteiger partial charge is 0.191 e. The van der Waals surface area contributed by atoms with E-state index in [1.807, 2.05) is 17.8 Å². The molecule has 0 aliphatic carbocycles. The Morgan fingerprint density at radius 2 is 2.04 bits per heavy atom. The molecule has 0 aromatic carbocycles. The second-order valence-corrected chi connectivity index (χ2v) is 7.09. The molecule has 0 saturated carbocycles. The molecule has 0 radical (unpaired) electrons. The van der Waals surface area contributed by atoms with Crippen molar-refractivity contribution in [2.75, 3.05) is 6.54 Å². The standard InChI is InChI=1S/C19H32N6O/c1-8-20-19(21-11-16-10-18(12(2)3)24-26-16)22-13(4)9-17-14(5)23-25(7)15(17)6/h10,12-13H,8-9,11H2,1-7H3,(H2,20,21,22). The second kappa shape index (κ2) is 8.87. The minimum atomic E-state index is 0.232. The topological polar surface area (TPSA) is 80.3 Å². The molecule has 0 aliphatic rings. The van der Waals surface area contributed by atoms with Crippen LogP contribution in [0, 0.1) is 13.8 Å². The Bertz CT molecular complexity index is 743. The Kier molecular flexibility index (Phi) is 6.83. The molecule has 2 rings (SSSR count). The number of nitrogens with one attached hydrogen (secondary N) is 2. The van der Waals surface area contributed by atoms with Gasteiger partial charge < -0.3 is 15.2 Å². The number of aromatic nitrogens is 3. The summed E-state index contributed by atoms with van der Waals surface area (Å²) < 4.78 is 7.30. The molecule has 144 valence electrons. The van der Waals surface area contributed by atoms with Gasteiger partial charge in [-0.25, -0.2) is 4.99 Å². The van der Waals surface area contributed by atoms with Crippen LogP contribution in [-0.4, -0.2) is 33.5 Å². The molecule has 1 atom stereocenters. The third kappa shape index (κ3) is 5.09. The van der Waals surface area contributed by atoms with Crippen LogP contribution in [0.5, 0.6) is 0 Å². The van der Waals surface area contributed by atoms with Crippen molar-refractivity contribution in [3.8, 4) is 0 Å². The number of hydrogen-bond acceptors (Lipinski definition) is 4. The van der Waals surface area contributed by atoms with Gasteiger partial charge in [0.1, 0.15) is 6.54 Å². The quantitative estimate of drug-likeness (QED) is 0.586. The number of aryl methyl sites for hydroxylation is 2. The summed E-state index contributed by atoms with van der Waals surface area (Å²) in [5, 5.41) is 15.3. The number of nitrogens with zero attached hydrogens (tertiary/aromatic N) is 4. The van der Waals surface area contributed by atoms with Gasteiger partial charge in [0.05, 0.1) is 11.4 Å². The van der Waals surface area contributed by atoms with Crippen LogP contribution in [0.25, 0.3) is 0 Å². The first kappa shape index (κ1) is 20.0. The Morgan fingerprint density at radius 3 is 2.58 bits per heavy atom. The van der Waals surface area contributed by atoms with E-state index in [1.54, 1.807) is 0 Å². The second-order valence-electron chi connectivity index (χ2n) is 7.09. The molecule has 7 heteroatoms. The van der Waals surface area contributed by atoms with E-state index in [9.17, 15) is 0 Å². The van der Waals surface area contributed by atoms with Gasteiger partial charge in [0.15, 0.2) is 11.7 Å². The Hall–Kier alpha value is -2.31. The maximum Gasteiger partial charge on any atom is 0.191 e. The van der Waals surface area contributed by atoms with Crippen molar-refractivity contribution in [2.24, 2.45) is 12.0 Å². The van der Waals surface area contributed by atoms with Crippen molar-refractivity contribution in [1.82, 2.24) is 25.6 Å². The summed E-state index contributed by atoms with van der Waals surface area (Å²) in [5.41, 5.74) is 4.55. The largest absolute Gasteiger partial charge is 0.359 e. The summed E-state index contributed by atoms with van der Waals surface area (Å²) in [7, 11) is 1.98. The van der Waals surface area contributed by atoms with Crippen LogP contribution in [0.2, 0.25) is 0 Å². The zero-order valence-electron chi connectivity index (χ0n) is 17.1. The van der Waals surface area contributed by atoms with Crippen LogP contribution in [0.3, 0.4) is 0 Å². The van der Waals surface area contributed by atoms with Crippen LogP contribution in [0.1, 0.15) is 62.0 Å². The lowest BCUT2D eigenvalue weighted by Gasteiger charge is -2.18. The summed E-state index contributed by atoms with van der Waals surface area (Å²) in [6, 6.07) is 2.21. The Labute approximate surface area is 156 Å². The maximum absolute atomic E-state index is 5.37. The molecule has 0 saturated heterocycles. The predicted molar refractivity (Wildman–Crippen MR) is 104 cm³/mol. The van der Waals surface area contributed by atoms with Gasteiger partial charge in [0, 0.05) is 31.4 Å². The van der Waals surface area contributed by atoms with Gasteiger partial charge in [0.2, 0.25) is 0 Å². The predicted octanol–water partition coefficient (Wildman–Crippen LogP) is 2.83. The van der Waals surface area contributed by atoms with Crippen molar-refractivity contribution in [3.05, 3.63) is 34.5 Å². The maximum atomic E-state index is 5.37. The Balaban J connectivity index is 2.01. The first-order valence-electron chi connectivity index (χ1n) is 9.31. The van der Waals surface area contributed by atoms with Crippen LogP contribution in [0.15, 0.2) is 15.6 Å². The van der Waals surface area contributed by atoms with Crippen LogP contribution < -0.4 is 10.6 Å². The molecule has 0 aliphatic heterocycles. The first-order valence-corrected chi connectivity index (χ1v) is 9.31. The van der Waals surface area contributed by atoms with Gasteiger partial charge in [0.25, 0.3) is 0 Å². The van der Waals surface area contributed by atoms with Gasteiger partial charge >= 0.3 is 0 Å². The van der Waals surface area contributed by atoms with Crippen molar-refractivity contribution in [2.45, 2.75) is 66.5 Å². The fourth-order valence-electron chi connectivity index (χ4n) is 2.86. The highest BCUT2D eigenvalue weighted by molar-refractivity contribution is 5.80. The molecule has 2 aromatic heterocycles. The van der Waals surface area contributed by atoms with Crippen molar-refractivity contribution >= 4 is 5.96 Å². The number of aliphatic imine (C=N–C) groups is 1. The van der Waals surface area contributed by atoms with E-state index in [0.29, 0.717) is 12.5 Å². The highest BCUT2D eigenvalue weighted by Crippen LogP contribution is 2.15. The first-order chi connectivity index (χ1) is 12.3. The molecular formula is C19H32N6O. The lowest BCUT2D eigenvalue weighted by molar-refractivity contribution is 0.376. The summed E-state index contributed by atoms with van der Waals surface area (Å²) in [5.74, 6) is 1.91. The van der Waals surface area contributed by atoms with E-state index >= 15 is 0 Å². The van der Waals surface area contributed by atoms with Crippen molar-refractivity contribution < 1.29 is 4.52 Å². The molecule has 2 aromatic rings. The number of rotatable bonds is 7. The third-order valence-corrected chi connectivity index (χ3v) is 4.46. The van der Waals surface area contributed by atoms with Gasteiger partial charge in [-0.1, -0.05) is 19.0 Å². The molecule has 26 heavy (non-hydrogen) atoms. The molecule has 0 amide bonds. The fourth-order valence-corrected chi connectivity index (χ4v) is 2.86. The van der Waals surface area contributed by atoms with E-state index in [-0.39, 0.29) is 6.04 Å². The lowest BCUT2D eigenvalue weighted by Crippen LogP contribution is -2.43. The van der Waals surface area contributed by atoms with Crippen LogP contribution in [-0.2, 0) is 20.0 Å². The molecule has 0 spiro atoms. The van der Waals surface area contributed by atoms with E-state index in [1.165, 1.54) is 11.3 Å². The van der Waals surface area contributed by atoms with Crippen molar-refractivity contribution in [3.63, 3.8) is 0 Å². The number of guanidine groups is 1. The van der Waals surface area contributed by atoms with Gasteiger partial charge in [-0.2, -0.15) is 5.10 Å². The monoisotopic (exact) mass is 360 g/mol. The van der Waals surface area contributed by atoms with E-state index in [4.69, 9.17) is 4.52 Å². The minimum Gasteiger partial charge on any atom is -0.359 e. The molecule has 1 unspecified atom stereocenters. The average molecular weight is 361 g/mol. The molecule has 7 nitrogen and oxygen atoms in total. The van der Waals surface area contributed by atoms with Crippen LogP contribution >= 0.6 is 0 Å². The summed E-state index contributed by atoms with van der Waals surface area (Å²) in [6.45, 7) is 13.8. The number of hydrogen-bond donors (Lipinski definition) is 2. The van der Waals surface area contributed by atoms with E-state index < -0.39 is 0 Å². The fraction of sp³-hybridized carbons (Fsp3) is 0.632. The molecule has 0 fully saturated rings. The highest BCUT2D eigenvalue weighted by atomic mass is 16.5. The van der Waals surface area contributed by atoms with Gasteiger partial charge in [-0.3, -0.25) is 4.68 Å². The molecule has 0 bridgehead atoms. The molecule has 2 N–H and O–H groups in total. The third-order valence-electron chi connectivity index (χ3n) is 4.46. The van der Waals surface area contributed by atoms with Gasteiger partial charge in [-0.05, 0) is 45.6 Å². The average Bonchev–Trinajstić information content (AvgIpc) is 3.14. The van der Waals surface area contributed by atoms with Crippen LogP contribution in [0.4, 0.5) is 0 Å². The normalized spacial score (nSPS) is 13.3. The zero-order chi connectivity index (χ0) is 19.3.